The van der Waals surface area contributed by atoms with Crippen molar-refractivity contribution in [1.82, 2.24) is 4.72 Å². The standard InChI is InChI=1S/C19H21N3O4S/c1-13-3-7-17(8-4-13)22-12-16(11-19(22)24)21-27(25,26)18-9-5-15(6-10-18)20-14(2)23/h3-10,16,21H,11-12H2,1-2H3,(H,20,23)/t16-/m0/s1. The summed E-state index contributed by atoms with van der Waals surface area (Å²) >= 11 is 0. The summed E-state index contributed by atoms with van der Waals surface area (Å²) in [4.78, 5) is 25.0. The predicted octanol–water partition coefficient (Wildman–Crippen LogP) is 2.04. The molecule has 2 aromatic carbocycles. The highest BCUT2D eigenvalue weighted by molar-refractivity contribution is 7.89. The fraction of sp³-hybridized carbons (Fsp3) is 0.263. The number of carbonyl (C=O) groups excluding carboxylic acids is 2. The molecular weight excluding hydrogens is 366 g/mol. The SMILES string of the molecule is CC(=O)Nc1ccc(S(=O)(=O)N[C@H]2CC(=O)N(c3ccc(C)cc3)C2)cc1. The Morgan fingerprint density at radius 1 is 1.07 bits per heavy atom. The van der Waals surface area contributed by atoms with E-state index in [4.69, 9.17) is 0 Å². The van der Waals surface area contributed by atoms with Crippen LogP contribution in [0, 0.1) is 6.92 Å². The molecule has 2 aromatic rings. The van der Waals surface area contributed by atoms with Gasteiger partial charge < -0.3 is 10.2 Å². The number of sulfonamides is 1. The number of benzene rings is 2. The third-order valence-corrected chi connectivity index (χ3v) is 5.81. The van der Waals surface area contributed by atoms with E-state index in [0.717, 1.165) is 11.3 Å². The quantitative estimate of drug-likeness (QED) is 0.821. The summed E-state index contributed by atoms with van der Waals surface area (Å²) in [5.41, 5.74) is 2.36. The van der Waals surface area contributed by atoms with Crippen LogP contribution >= 0.6 is 0 Å². The molecule has 0 unspecified atom stereocenters. The lowest BCUT2D eigenvalue weighted by Crippen LogP contribution is -2.37. The lowest BCUT2D eigenvalue weighted by atomic mass is 10.2. The number of hydrogen-bond donors (Lipinski definition) is 2. The van der Waals surface area contributed by atoms with E-state index in [1.807, 2.05) is 31.2 Å². The van der Waals surface area contributed by atoms with Gasteiger partial charge in [-0.25, -0.2) is 13.1 Å². The summed E-state index contributed by atoms with van der Waals surface area (Å²) in [6.07, 6.45) is 0.108. The normalized spacial score (nSPS) is 17.2. The van der Waals surface area contributed by atoms with Crippen LogP contribution in [0.25, 0.3) is 0 Å². The predicted molar refractivity (Wildman–Crippen MR) is 103 cm³/mol. The van der Waals surface area contributed by atoms with E-state index in [1.165, 1.54) is 31.2 Å². The first-order valence-corrected chi connectivity index (χ1v) is 10.00. The molecule has 0 aromatic heterocycles. The van der Waals surface area contributed by atoms with Crippen LogP contribution in [-0.2, 0) is 19.6 Å². The van der Waals surface area contributed by atoms with Gasteiger partial charge in [0.15, 0.2) is 0 Å². The van der Waals surface area contributed by atoms with E-state index < -0.39 is 16.1 Å². The van der Waals surface area contributed by atoms with Crippen LogP contribution in [0.4, 0.5) is 11.4 Å². The second-order valence-corrected chi connectivity index (χ2v) is 8.28. The molecule has 7 nitrogen and oxygen atoms in total. The maximum absolute atomic E-state index is 12.6. The van der Waals surface area contributed by atoms with Crippen molar-refractivity contribution in [3.05, 3.63) is 54.1 Å². The van der Waals surface area contributed by atoms with Crippen molar-refractivity contribution in [1.29, 1.82) is 0 Å². The summed E-state index contributed by atoms with van der Waals surface area (Å²) in [6.45, 7) is 3.62. The number of anilines is 2. The molecule has 1 fully saturated rings. The summed E-state index contributed by atoms with van der Waals surface area (Å²) in [5, 5.41) is 2.58. The van der Waals surface area contributed by atoms with Crippen molar-refractivity contribution in [3.8, 4) is 0 Å². The van der Waals surface area contributed by atoms with Gasteiger partial charge in [0.05, 0.1) is 4.90 Å². The number of hydrogen-bond acceptors (Lipinski definition) is 4. The van der Waals surface area contributed by atoms with Crippen LogP contribution in [0.3, 0.4) is 0 Å². The summed E-state index contributed by atoms with van der Waals surface area (Å²) in [6, 6.07) is 12.9. The van der Waals surface area contributed by atoms with Gasteiger partial charge in [-0.3, -0.25) is 9.59 Å². The largest absolute Gasteiger partial charge is 0.326 e. The highest BCUT2D eigenvalue weighted by Crippen LogP contribution is 2.23. The van der Waals surface area contributed by atoms with Crippen LogP contribution in [0.1, 0.15) is 18.9 Å². The third-order valence-electron chi connectivity index (χ3n) is 4.28. The lowest BCUT2D eigenvalue weighted by Gasteiger charge is -2.17. The minimum atomic E-state index is -3.77. The van der Waals surface area contributed by atoms with Crippen LogP contribution in [0.5, 0.6) is 0 Å². The average molecular weight is 387 g/mol. The molecule has 0 saturated carbocycles. The van der Waals surface area contributed by atoms with Crippen molar-refractivity contribution < 1.29 is 18.0 Å². The Kier molecular flexibility index (Phi) is 5.29. The number of aryl methyl sites for hydroxylation is 1. The number of carbonyl (C=O) groups is 2. The molecule has 1 aliphatic heterocycles. The van der Waals surface area contributed by atoms with Crippen molar-refractivity contribution in [3.63, 3.8) is 0 Å². The molecule has 0 radical (unpaired) electrons. The molecule has 8 heteroatoms. The fourth-order valence-electron chi connectivity index (χ4n) is 2.97. The van der Waals surface area contributed by atoms with Gasteiger partial charge in [-0.1, -0.05) is 17.7 Å². The molecule has 2 amide bonds. The molecule has 142 valence electrons. The molecule has 0 bridgehead atoms. The highest BCUT2D eigenvalue weighted by Gasteiger charge is 2.33. The van der Waals surface area contributed by atoms with E-state index in [2.05, 4.69) is 10.0 Å². The Hall–Kier alpha value is -2.71. The summed E-state index contributed by atoms with van der Waals surface area (Å²) in [7, 11) is -3.77. The van der Waals surface area contributed by atoms with Gasteiger partial charge in [0, 0.05) is 37.3 Å². The lowest BCUT2D eigenvalue weighted by molar-refractivity contribution is -0.117. The topological polar surface area (TPSA) is 95.6 Å². The van der Waals surface area contributed by atoms with E-state index in [-0.39, 0.29) is 29.7 Å². The van der Waals surface area contributed by atoms with Crippen molar-refractivity contribution >= 4 is 33.2 Å². The molecule has 27 heavy (non-hydrogen) atoms. The Balaban J connectivity index is 1.70. The second-order valence-electron chi connectivity index (χ2n) is 6.57. The minimum Gasteiger partial charge on any atom is -0.326 e. The molecular formula is C19H21N3O4S. The van der Waals surface area contributed by atoms with Gasteiger partial charge in [-0.15, -0.1) is 0 Å². The average Bonchev–Trinajstić information content (AvgIpc) is 2.95. The maximum atomic E-state index is 12.6. The Morgan fingerprint density at radius 2 is 1.70 bits per heavy atom. The van der Waals surface area contributed by atoms with Crippen molar-refractivity contribution in [2.45, 2.75) is 31.2 Å². The van der Waals surface area contributed by atoms with Crippen LogP contribution in [0.15, 0.2) is 53.4 Å². The van der Waals surface area contributed by atoms with Gasteiger partial charge in [-0.2, -0.15) is 0 Å². The first-order chi connectivity index (χ1) is 12.7. The number of nitrogens with zero attached hydrogens (tertiary/aromatic N) is 1. The molecule has 0 spiro atoms. The molecule has 0 aliphatic carbocycles. The molecule has 1 heterocycles. The number of amides is 2. The third kappa shape index (κ3) is 4.53. The zero-order valence-corrected chi connectivity index (χ0v) is 15.9. The van der Waals surface area contributed by atoms with Crippen molar-refractivity contribution in [2.24, 2.45) is 0 Å². The number of nitrogens with one attached hydrogen (secondary N) is 2. The minimum absolute atomic E-state index is 0.0813. The second kappa shape index (κ2) is 7.50. The monoisotopic (exact) mass is 387 g/mol. The van der Waals surface area contributed by atoms with Gasteiger partial charge in [0.1, 0.15) is 0 Å². The van der Waals surface area contributed by atoms with E-state index in [1.54, 1.807) is 4.90 Å². The van der Waals surface area contributed by atoms with Crippen molar-refractivity contribution in [2.75, 3.05) is 16.8 Å². The van der Waals surface area contributed by atoms with Crippen LogP contribution < -0.4 is 14.9 Å². The van der Waals surface area contributed by atoms with Gasteiger partial charge >= 0.3 is 0 Å². The van der Waals surface area contributed by atoms with Gasteiger partial charge in [-0.05, 0) is 43.3 Å². The highest BCUT2D eigenvalue weighted by atomic mass is 32.2. The first-order valence-electron chi connectivity index (χ1n) is 8.51. The molecule has 3 rings (SSSR count). The molecule has 2 N–H and O–H groups in total. The summed E-state index contributed by atoms with van der Waals surface area (Å²) in [5.74, 6) is -0.350. The van der Waals surface area contributed by atoms with E-state index in [0.29, 0.717) is 5.69 Å². The smallest absolute Gasteiger partial charge is 0.240 e. The van der Waals surface area contributed by atoms with Crippen LogP contribution in [0.2, 0.25) is 0 Å². The van der Waals surface area contributed by atoms with Crippen LogP contribution in [-0.4, -0.2) is 32.8 Å². The summed E-state index contributed by atoms with van der Waals surface area (Å²) < 4.78 is 27.8. The van der Waals surface area contributed by atoms with E-state index >= 15 is 0 Å². The van der Waals surface area contributed by atoms with E-state index in [9.17, 15) is 18.0 Å². The zero-order valence-electron chi connectivity index (χ0n) is 15.1. The molecule has 1 atom stereocenters. The van der Waals surface area contributed by atoms with Gasteiger partial charge in [0.2, 0.25) is 21.8 Å². The Labute approximate surface area is 158 Å². The maximum Gasteiger partial charge on any atom is 0.240 e. The first kappa shape index (κ1) is 19.1. The molecule has 1 aliphatic rings. The Morgan fingerprint density at radius 3 is 2.30 bits per heavy atom. The fourth-order valence-corrected chi connectivity index (χ4v) is 4.20. The zero-order chi connectivity index (χ0) is 19.6. The Bertz CT molecular complexity index is 953. The number of rotatable bonds is 5. The van der Waals surface area contributed by atoms with Gasteiger partial charge in [0.25, 0.3) is 0 Å². The molecule has 1 saturated heterocycles.